The van der Waals surface area contributed by atoms with Crippen LogP contribution in [-0.2, 0) is 25.0 Å². The average molecular weight is 888 g/mol. The van der Waals surface area contributed by atoms with Crippen molar-refractivity contribution in [1.82, 2.24) is 0 Å². The van der Waals surface area contributed by atoms with Crippen molar-refractivity contribution in [3.63, 3.8) is 0 Å². The molecular formula is C34H21N11O15S2. The summed E-state index contributed by atoms with van der Waals surface area (Å²) < 4.78 is 69.5. The number of hydrazone groups is 2. The lowest BCUT2D eigenvalue weighted by atomic mass is 9.93. The number of aliphatic hydroxyl groups is 1. The molecule has 0 aromatic heterocycles. The lowest BCUT2D eigenvalue weighted by molar-refractivity contribution is -0.385. The molecule has 28 heteroatoms. The smallest absolute Gasteiger partial charge is 0.296 e. The van der Waals surface area contributed by atoms with Crippen LogP contribution in [0.15, 0.2) is 149 Å². The molecule has 5 N–H and O–H groups in total. The second kappa shape index (κ2) is 16.9. The van der Waals surface area contributed by atoms with E-state index in [-0.39, 0.29) is 34.1 Å². The van der Waals surface area contributed by atoms with Gasteiger partial charge in [0.2, 0.25) is 11.6 Å². The number of rotatable bonds is 13. The summed E-state index contributed by atoms with van der Waals surface area (Å²) in [5.74, 6) is -3.45. The maximum atomic E-state index is 14.0. The maximum Gasteiger partial charge on any atom is 0.296 e. The molecule has 26 nitrogen and oxygen atoms in total. The number of carbonyl (C=O) groups is 2. The molecule has 0 atom stereocenters. The zero-order chi connectivity index (χ0) is 45.1. The fraction of sp³-hybridized carbons (Fsp3) is 0. The predicted molar refractivity (Wildman–Crippen MR) is 213 cm³/mol. The van der Waals surface area contributed by atoms with Crippen LogP contribution >= 0.6 is 0 Å². The van der Waals surface area contributed by atoms with Gasteiger partial charge < -0.3 is 5.11 Å². The number of benzene rings is 4. The van der Waals surface area contributed by atoms with Crippen LogP contribution in [0.2, 0.25) is 0 Å². The van der Waals surface area contributed by atoms with Crippen molar-refractivity contribution < 1.29 is 55.4 Å². The van der Waals surface area contributed by atoms with E-state index in [0.29, 0.717) is 18.2 Å². The van der Waals surface area contributed by atoms with E-state index in [0.717, 1.165) is 66.7 Å². The lowest BCUT2D eigenvalue weighted by Crippen LogP contribution is -2.28. The number of azo groups is 2. The number of aliphatic hydroxyl groups excluding tert-OH is 1. The molecule has 4 aromatic rings. The molecule has 4 aromatic carbocycles. The quantitative estimate of drug-likeness (QED) is 0.0331. The van der Waals surface area contributed by atoms with E-state index in [1.807, 2.05) is 0 Å². The highest BCUT2D eigenvalue weighted by molar-refractivity contribution is 7.91. The number of hydrogen-bond acceptors (Lipinski definition) is 21. The van der Waals surface area contributed by atoms with Gasteiger partial charge in [-0.3, -0.25) is 59.9 Å². The molecule has 0 unspecified atom stereocenters. The third-order valence-electron chi connectivity index (χ3n) is 8.20. The number of allylic oxidation sites excluding steroid dienone is 3. The molecule has 0 spiro atoms. The minimum Gasteiger partial charge on any atom is -0.504 e. The summed E-state index contributed by atoms with van der Waals surface area (Å²) in [4.78, 5) is 56.8. The molecule has 0 saturated heterocycles. The first kappa shape index (κ1) is 43.0. The standard InChI is InChI=1S/C34H21N11O15S2/c46-32-26(39-35-18-1-7-21(8-2-18)43(49)50)16-27(33(47)31(32)42-37-20-5-11-23(12-6-20)45(53)54)40-38-25-15-24(61(55,56)57)13-17-14-28(62(58,59)60)30(34(48)29(17)25)41-36-19-3-9-22(10-4-19)44(51)52/h1-16,36,38,46H,(H,55,56,57)(H,58,59,60). The summed E-state index contributed by atoms with van der Waals surface area (Å²) in [6.45, 7) is 0. The van der Waals surface area contributed by atoms with Gasteiger partial charge in [-0.15, -0.1) is 10.2 Å². The zero-order valence-electron chi connectivity index (χ0n) is 30.3. The third-order valence-corrected chi connectivity index (χ3v) is 9.90. The summed E-state index contributed by atoms with van der Waals surface area (Å²) in [5.41, 5.74) is -1.11. The van der Waals surface area contributed by atoms with Crippen molar-refractivity contribution in [1.29, 1.82) is 0 Å². The summed E-state index contributed by atoms with van der Waals surface area (Å²) in [5, 5.41) is 67.3. The average Bonchev–Trinajstić information content (AvgIpc) is 3.22. The Balaban J connectivity index is 1.45. The summed E-state index contributed by atoms with van der Waals surface area (Å²) >= 11 is 0. The Kier molecular flexibility index (Phi) is 11.7. The number of nitro groups is 3. The maximum absolute atomic E-state index is 14.0. The van der Waals surface area contributed by atoms with Crippen LogP contribution < -0.4 is 10.9 Å². The van der Waals surface area contributed by atoms with Gasteiger partial charge in [-0.05, 0) is 60.2 Å². The normalized spacial score (nSPS) is 15.8. The van der Waals surface area contributed by atoms with Crippen LogP contribution in [0.4, 0.5) is 39.8 Å². The number of ketones is 2. The lowest BCUT2D eigenvalue weighted by Gasteiger charge is -2.20. The van der Waals surface area contributed by atoms with Gasteiger partial charge >= 0.3 is 0 Å². The van der Waals surface area contributed by atoms with E-state index < -0.39 is 102 Å². The Labute approximate surface area is 344 Å². The van der Waals surface area contributed by atoms with Gasteiger partial charge in [0.05, 0.1) is 48.0 Å². The number of nitrogens with one attached hydrogen (secondary N) is 2. The Morgan fingerprint density at radius 1 is 0.597 bits per heavy atom. The van der Waals surface area contributed by atoms with Gasteiger partial charge in [0.15, 0.2) is 17.2 Å². The van der Waals surface area contributed by atoms with E-state index in [2.05, 4.69) is 41.5 Å². The van der Waals surface area contributed by atoms with Crippen LogP contribution in [0, 0.1) is 30.3 Å². The summed E-state index contributed by atoms with van der Waals surface area (Å²) in [7, 11) is -10.5. The summed E-state index contributed by atoms with van der Waals surface area (Å²) in [6.07, 6.45) is 1.47. The minimum absolute atomic E-state index is 0.00447. The van der Waals surface area contributed by atoms with Crippen molar-refractivity contribution in [2.75, 3.05) is 10.9 Å². The summed E-state index contributed by atoms with van der Waals surface area (Å²) in [6, 6.07) is 14.8. The molecule has 0 heterocycles. The van der Waals surface area contributed by atoms with Crippen molar-refractivity contribution >= 4 is 89.1 Å². The van der Waals surface area contributed by atoms with E-state index in [1.54, 1.807) is 0 Å². The molecule has 2 aliphatic rings. The first-order valence-corrected chi connectivity index (χ1v) is 19.4. The highest BCUT2D eigenvalue weighted by Gasteiger charge is 2.36. The number of hydrogen-bond donors (Lipinski definition) is 5. The van der Waals surface area contributed by atoms with Crippen LogP contribution in [-0.4, -0.2) is 68.8 Å². The first-order chi connectivity index (χ1) is 29.2. The van der Waals surface area contributed by atoms with Crippen molar-refractivity contribution in [3.05, 3.63) is 155 Å². The Hall–Kier alpha value is -8.60. The largest absolute Gasteiger partial charge is 0.504 e. The van der Waals surface area contributed by atoms with Crippen LogP contribution in [0.5, 0.6) is 0 Å². The van der Waals surface area contributed by atoms with E-state index in [9.17, 15) is 71.0 Å². The van der Waals surface area contributed by atoms with Crippen molar-refractivity contribution in [2.45, 2.75) is 4.90 Å². The van der Waals surface area contributed by atoms with Crippen molar-refractivity contribution in [2.24, 2.45) is 30.7 Å². The number of non-ortho nitro benzene ring substituents is 3. The second-order valence-electron chi connectivity index (χ2n) is 12.2. The topological polar surface area (TPSA) is 391 Å². The number of carbonyl (C=O) groups excluding carboxylic acids is 2. The van der Waals surface area contributed by atoms with Gasteiger partial charge in [-0.2, -0.15) is 37.3 Å². The third kappa shape index (κ3) is 9.47. The number of nitrogens with zero attached hydrogens (tertiary/aromatic N) is 9. The Morgan fingerprint density at radius 2 is 1.11 bits per heavy atom. The monoisotopic (exact) mass is 887 g/mol. The van der Waals surface area contributed by atoms with Gasteiger partial charge in [-0.1, -0.05) is 0 Å². The molecular weight excluding hydrogens is 867 g/mol. The molecule has 62 heavy (non-hydrogen) atoms. The second-order valence-corrected chi connectivity index (χ2v) is 15.0. The molecule has 0 saturated carbocycles. The number of fused-ring (bicyclic) bond motifs is 1. The van der Waals surface area contributed by atoms with E-state index in [4.69, 9.17) is 0 Å². The first-order valence-electron chi connectivity index (χ1n) is 16.6. The molecule has 6 rings (SSSR count). The van der Waals surface area contributed by atoms with E-state index in [1.165, 1.54) is 12.1 Å². The molecule has 0 radical (unpaired) electrons. The van der Waals surface area contributed by atoms with Crippen molar-refractivity contribution in [3.8, 4) is 0 Å². The fourth-order valence-electron chi connectivity index (χ4n) is 5.25. The number of Topliss-reactive ketones (excluding diaryl/α,β-unsaturated/α-hetero) is 2. The highest BCUT2D eigenvalue weighted by atomic mass is 32.2. The highest BCUT2D eigenvalue weighted by Crippen LogP contribution is 2.34. The SMILES string of the molecule is O=C1C(=NNc2cc(S(=O)(=O)O)cc3c2C(=O)C(=NNc2ccc([N+](=O)[O-])cc2)C(S(=O)(=O)O)=C3)C=C(N=Nc2ccc([N+](=O)[O-])cc2)C(O)=C1N=Nc1ccc([N+](=O)[O-])cc1. The zero-order valence-corrected chi connectivity index (χ0v) is 32.0. The molecule has 0 fully saturated rings. The molecule has 0 amide bonds. The van der Waals surface area contributed by atoms with Gasteiger partial charge in [0.1, 0.15) is 16.3 Å². The van der Waals surface area contributed by atoms with Gasteiger partial charge in [0.25, 0.3) is 37.3 Å². The minimum atomic E-state index is -5.31. The van der Waals surface area contributed by atoms with Crippen LogP contribution in [0.1, 0.15) is 15.9 Å². The molecule has 314 valence electrons. The van der Waals surface area contributed by atoms with Crippen LogP contribution in [0.25, 0.3) is 6.08 Å². The van der Waals surface area contributed by atoms with E-state index >= 15 is 0 Å². The number of nitro benzene ring substituents is 3. The predicted octanol–water partition coefficient (Wildman–Crippen LogP) is 6.12. The Bertz CT molecular complexity index is 3070. The number of anilines is 2. The Morgan fingerprint density at radius 3 is 1.61 bits per heavy atom. The molecule has 0 bridgehead atoms. The molecule has 2 aliphatic carbocycles. The van der Waals surface area contributed by atoms with Gasteiger partial charge in [-0.25, -0.2) is 0 Å². The van der Waals surface area contributed by atoms with Gasteiger partial charge in [0, 0.05) is 42.5 Å². The molecule has 0 aliphatic heterocycles. The van der Waals surface area contributed by atoms with Crippen LogP contribution in [0.3, 0.4) is 0 Å². The fourth-order valence-corrected chi connectivity index (χ4v) is 6.45.